The summed E-state index contributed by atoms with van der Waals surface area (Å²) in [5.74, 6) is -2.34. The summed E-state index contributed by atoms with van der Waals surface area (Å²) in [5.41, 5.74) is 0.0220. The first kappa shape index (κ1) is 15.1. The molecule has 6 heteroatoms. The molecule has 1 aliphatic rings. The van der Waals surface area contributed by atoms with E-state index in [1.807, 2.05) is 11.9 Å². The molecule has 0 saturated heterocycles. The SMILES string of the molecule is CN1CCN=C1NCC(F)(F)c1ccccc1.I. The van der Waals surface area contributed by atoms with E-state index < -0.39 is 12.5 Å². The Hall–Kier alpha value is -0.920. The van der Waals surface area contributed by atoms with Gasteiger partial charge in [-0.2, -0.15) is 8.78 Å². The van der Waals surface area contributed by atoms with Gasteiger partial charge in [-0.15, -0.1) is 24.0 Å². The van der Waals surface area contributed by atoms with Gasteiger partial charge in [0.05, 0.1) is 13.1 Å². The zero-order chi connectivity index (χ0) is 12.3. The zero-order valence-corrected chi connectivity index (χ0v) is 12.4. The highest BCUT2D eigenvalue weighted by molar-refractivity contribution is 14.0. The maximum Gasteiger partial charge on any atom is 0.290 e. The fraction of sp³-hybridized carbons (Fsp3) is 0.417. The molecule has 1 heterocycles. The lowest BCUT2D eigenvalue weighted by Gasteiger charge is -2.20. The topological polar surface area (TPSA) is 27.6 Å². The molecule has 0 bridgehead atoms. The smallest absolute Gasteiger partial charge is 0.290 e. The minimum Gasteiger partial charge on any atom is -0.350 e. The van der Waals surface area contributed by atoms with Crippen molar-refractivity contribution in [3.05, 3.63) is 35.9 Å². The summed E-state index contributed by atoms with van der Waals surface area (Å²) in [6.07, 6.45) is 0. The molecule has 0 saturated carbocycles. The van der Waals surface area contributed by atoms with Crippen LogP contribution in [0.25, 0.3) is 0 Å². The molecular formula is C12H16F2IN3. The molecule has 0 spiro atoms. The fourth-order valence-electron chi connectivity index (χ4n) is 1.70. The maximum atomic E-state index is 13.8. The van der Waals surface area contributed by atoms with E-state index in [1.54, 1.807) is 18.2 Å². The number of likely N-dealkylation sites (N-methyl/N-ethyl adjacent to an activating group) is 1. The van der Waals surface area contributed by atoms with Crippen LogP contribution in [-0.4, -0.2) is 37.5 Å². The lowest BCUT2D eigenvalue weighted by Crippen LogP contribution is -2.41. The van der Waals surface area contributed by atoms with Gasteiger partial charge in [-0.1, -0.05) is 30.3 Å². The summed E-state index contributed by atoms with van der Waals surface area (Å²) >= 11 is 0. The van der Waals surface area contributed by atoms with Gasteiger partial charge in [0.15, 0.2) is 5.96 Å². The summed E-state index contributed by atoms with van der Waals surface area (Å²) in [4.78, 5) is 5.95. The van der Waals surface area contributed by atoms with Crippen LogP contribution in [0.1, 0.15) is 5.56 Å². The number of hydrogen-bond donors (Lipinski definition) is 1. The number of nitrogens with one attached hydrogen (secondary N) is 1. The highest BCUT2D eigenvalue weighted by Crippen LogP contribution is 2.26. The minimum atomic E-state index is -2.88. The van der Waals surface area contributed by atoms with Crippen molar-refractivity contribution in [3.8, 4) is 0 Å². The van der Waals surface area contributed by atoms with Gasteiger partial charge in [-0.3, -0.25) is 4.99 Å². The Kier molecular flexibility index (Phi) is 5.30. The Bertz CT molecular complexity index is 409. The third-order valence-corrected chi connectivity index (χ3v) is 2.72. The van der Waals surface area contributed by atoms with Crippen molar-refractivity contribution in [2.24, 2.45) is 4.99 Å². The normalized spacial score (nSPS) is 15.1. The molecule has 2 rings (SSSR count). The zero-order valence-electron chi connectivity index (χ0n) is 10.1. The van der Waals surface area contributed by atoms with Gasteiger partial charge in [0.1, 0.15) is 0 Å². The van der Waals surface area contributed by atoms with Gasteiger partial charge in [0.25, 0.3) is 5.92 Å². The van der Waals surface area contributed by atoms with E-state index in [0.717, 1.165) is 6.54 Å². The molecule has 0 unspecified atom stereocenters. The lowest BCUT2D eigenvalue weighted by molar-refractivity contribution is 0.000785. The van der Waals surface area contributed by atoms with E-state index in [0.29, 0.717) is 12.5 Å². The van der Waals surface area contributed by atoms with Crippen molar-refractivity contribution < 1.29 is 8.78 Å². The number of rotatable bonds is 3. The van der Waals surface area contributed by atoms with E-state index in [2.05, 4.69) is 10.3 Å². The highest BCUT2D eigenvalue weighted by atomic mass is 127. The molecule has 3 nitrogen and oxygen atoms in total. The van der Waals surface area contributed by atoms with Gasteiger partial charge < -0.3 is 10.2 Å². The number of aliphatic imine (C=N–C) groups is 1. The third kappa shape index (κ3) is 3.54. The quantitative estimate of drug-likeness (QED) is 0.831. The van der Waals surface area contributed by atoms with E-state index in [1.165, 1.54) is 12.1 Å². The van der Waals surface area contributed by atoms with Crippen LogP contribution in [0.15, 0.2) is 35.3 Å². The number of halogens is 3. The Morgan fingerprint density at radius 3 is 2.56 bits per heavy atom. The predicted molar refractivity (Wildman–Crippen MR) is 78.7 cm³/mol. The second kappa shape index (κ2) is 6.31. The van der Waals surface area contributed by atoms with Crippen molar-refractivity contribution in [3.63, 3.8) is 0 Å². The molecule has 1 N–H and O–H groups in total. The largest absolute Gasteiger partial charge is 0.350 e. The minimum absolute atomic E-state index is 0. The predicted octanol–water partition coefficient (Wildman–Crippen LogP) is 2.29. The molecule has 1 aliphatic heterocycles. The van der Waals surface area contributed by atoms with Crippen LogP contribution in [0.4, 0.5) is 8.78 Å². The summed E-state index contributed by atoms with van der Waals surface area (Å²) in [7, 11) is 1.83. The molecule has 1 aromatic carbocycles. The van der Waals surface area contributed by atoms with Gasteiger partial charge in [0.2, 0.25) is 0 Å². The second-order valence-electron chi connectivity index (χ2n) is 4.05. The first-order valence-electron chi connectivity index (χ1n) is 5.52. The summed E-state index contributed by atoms with van der Waals surface area (Å²) in [6, 6.07) is 7.82. The van der Waals surface area contributed by atoms with Crippen molar-refractivity contribution in [2.45, 2.75) is 5.92 Å². The summed E-state index contributed by atoms with van der Waals surface area (Å²) in [5, 5.41) is 2.70. The van der Waals surface area contributed by atoms with Crippen LogP contribution in [0, 0.1) is 0 Å². The Balaban J connectivity index is 0.00000162. The Morgan fingerprint density at radius 1 is 1.33 bits per heavy atom. The number of hydrogen-bond acceptors (Lipinski definition) is 3. The van der Waals surface area contributed by atoms with Gasteiger partial charge in [0, 0.05) is 19.2 Å². The van der Waals surface area contributed by atoms with Gasteiger partial charge in [-0.05, 0) is 0 Å². The Morgan fingerprint density at radius 2 is 2.00 bits per heavy atom. The monoisotopic (exact) mass is 367 g/mol. The maximum absolute atomic E-state index is 13.8. The van der Waals surface area contributed by atoms with Crippen LogP contribution >= 0.6 is 24.0 Å². The molecule has 0 atom stereocenters. The first-order valence-corrected chi connectivity index (χ1v) is 5.52. The number of alkyl halides is 2. The molecular weight excluding hydrogens is 351 g/mol. The molecule has 0 aliphatic carbocycles. The molecule has 18 heavy (non-hydrogen) atoms. The fourth-order valence-corrected chi connectivity index (χ4v) is 1.70. The van der Waals surface area contributed by atoms with Crippen molar-refractivity contribution in [1.29, 1.82) is 0 Å². The molecule has 0 fully saturated rings. The number of benzene rings is 1. The van der Waals surface area contributed by atoms with Crippen LogP contribution in [0.5, 0.6) is 0 Å². The molecule has 100 valence electrons. The van der Waals surface area contributed by atoms with Crippen LogP contribution < -0.4 is 5.32 Å². The first-order chi connectivity index (χ1) is 8.09. The summed E-state index contributed by atoms with van der Waals surface area (Å²) < 4.78 is 27.6. The van der Waals surface area contributed by atoms with Crippen LogP contribution in [-0.2, 0) is 5.92 Å². The molecule has 0 aromatic heterocycles. The van der Waals surface area contributed by atoms with Crippen LogP contribution in [0.2, 0.25) is 0 Å². The average molecular weight is 367 g/mol. The van der Waals surface area contributed by atoms with E-state index in [9.17, 15) is 8.78 Å². The van der Waals surface area contributed by atoms with Crippen molar-refractivity contribution >= 4 is 29.9 Å². The highest BCUT2D eigenvalue weighted by Gasteiger charge is 2.32. The van der Waals surface area contributed by atoms with E-state index in [-0.39, 0.29) is 29.5 Å². The van der Waals surface area contributed by atoms with Gasteiger partial charge in [-0.25, -0.2) is 0 Å². The summed E-state index contributed by atoms with van der Waals surface area (Å²) in [6.45, 7) is 1.01. The lowest BCUT2D eigenvalue weighted by atomic mass is 10.1. The van der Waals surface area contributed by atoms with Crippen molar-refractivity contribution in [1.82, 2.24) is 10.2 Å². The standard InChI is InChI=1S/C12H15F2N3.HI/c1-17-8-7-15-11(17)16-9-12(13,14)10-5-3-2-4-6-10;/h2-6H,7-9H2,1H3,(H,15,16);1H. The third-order valence-electron chi connectivity index (χ3n) is 2.72. The average Bonchev–Trinajstić information content (AvgIpc) is 2.74. The van der Waals surface area contributed by atoms with E-state index >= 15 is 0 Å². The molecule has 1 aromatic rings. The molecule has 0 amide bonds. The number of guanidine groups is 1. The molecule has 0 radical (unpaired) electrons. The Labute approximate surface area is 122 Å². The second-order valence-corrected chi connectivity index (χ2v) is 4.05. The van der Waals surface area contributed by atoms with Crippen molar-refractivity contribution in [2.75, 3.05) is 26.7 Å². The number of nitrogens with zero attached hydrogens (tertiary/aromatic N) is 2. The van der Waals surface area contributed by atoms with Gasteiger partial charge >= 0.3 is 0 Å². The van der Waals surface area contributed by atoms with Crippen LogP contribution in [0.3, 0.4) is 0 Å². The van der Waals surface area contributed by atoms with E-state index in [4.69, 9.17) is 0 Å².